The van der Waals surface area contributed by atoms with Crippen LogP contribution in [0, 0.1) is 0 Å². The Bertz CT molecular complexity index is 1080. The maximum absolute atomic E-state index is 12.6. The lowest BCUT2D eigenvalue weighted by atomic mass is 9.84. The van der Waals surface area contributed by atoms with Gasteiger partial charge in [0.2, 0.25) is 0 Å². The van der Waals surface area contributed by atoms with Crippen molar-refractivity contribution in [2.24, 2.45) is 0 Å². The Balaban J connectivity index is 1.54. The summed E-state index contributed by atoms with van der Waals surface area (Å²) in [7, 11) is 0. The molecule has 0 radical (unpaired) electrons. The van der Waals surface area contributed by atoms with Crippen LogP contribution in [0.15, 0.2) is 57.9 Å². The standard InChI is InChI=1S/C21H17ClN2O4/c22-14-5-3-12(4-6-14)11-23-20(26)16-10-15-17(24-21(16)27)8-13(9-18(15)25)19-2-1-7-28-19/h1-7,10,13H,8-9,11H2,(H,23,26)(H,24,27)/t13-/m0/s1. The molecule has 0 saturated carbocycles. The predicted octanol–water partition coefficient (Wildman–Crippen LogP) is 3.46. The minimum Gasteiger partial charge on any atom is -0.469 e. The van der Waals surface area contributed by atoms with E-state index >= 15 is 0 Å². The Morgan fingerprint density at radius 3 is 2.68 bits per heavy atom. The van der Waals surface area contributed by atoms with Gasteiger partial charge in [0.15, 0.2) is 5.78 Å². The number of hydrogen-bond donors (Lipinski definition) is 2. The molecule has 0 bridgehead atoms. The van der Waals surface area contributed by atoms with E-state index in [0.717, 1.165) is 5.56 Å². The van der Waals surface area contributed by atoms with Crippen LogP contribution in [0.5, 0.6) is 0 Å². The Morgan fingerprint density at radius 2 is 1.96 bits per heavy atom. The van der Waals surface area contributed by atoms with Gasteiger partial charge in [-0.1, -0.05) is 23.7 Å². The van der Waals surface area contributed by atoms with Gasteiger partial charge >= 0.3 is 0 Å². The van der Waals surface area contributed by atoms with Crippen molar-refractivity contribution in [3.8, 4) is 0 Å². The minimum absolute atomic E-state index is 0.0717. The summed E-state index contributed by atoms with van der Waals surface area (Å²) in [4.78, 5) is 40.2. The summed E-state index contributed by atoms with van der Waals surface area (Å²) in [5.41, 5.74) is 1.19. The number of aromatic amines is 1. The number of furan rings is 1. The number of rotatable bonds is 4. The van der Waals surface area contributed by atoms with Gasteiger partial charge in [-0.3, -0.25) is 14.4 Å². The average molecular weight is 397 g/mol. The van der Waals surface area contributed by atoms with E-state index < -0.39 is 11.5 Å². The number of hydrogen-bond acceptors (Lipinski definition) is 4. The molecular formula is C21H17ClN2O4. The second-order valence-electron chi connectivity index (χ2n) is 6.76. The summed E-state index contributed by atoms with van der Waals surface area (Å²) in [6.45, 7) is 0.251. The highest BCUT2D eigenvalue weighted by atomic mass is 35.5. The molecule has 1 aliphatic rings. The first-order chi connectivity index (χ1) is 13.5. The number of nitrogens with one attached hydrogen (secondary N) is 2. The third-order valence-electron chi connectivity index (χ3n) is 4.86. The second kappa shape index (κ2) is 7.48. The van der Waals surface area contributed by atoms with Gasteiger partial charge in [0.25, 0.3) is 11.5 Å². The second-order valence-corrected chi connectivity index (χ2v) is 7.19. The van der Waals surface area contributed by atoms with Crippen molar-refractivity contribution in [1.82, 2.24) is 10.3 Å². The van der Waals surface area contributed by atoms with E-state index in [1.165, 1.54) is 6.07 Å². The highest BCUT2D eigenvalue weighted by Crippen LogP contribution is 2.31. The van der Waals surface area contributed by atoms with Gasteiger partial charge in [-0.15, -0.1) is 0 Å². The molecule has 6 nitrogen and oxygen atoms in total. The van der Waals surface area contributed by atoms with Crippen molar-refractivity contribution in [2.45, 2.75) is 25.3 Å². The molecular weight excluding hydrogens is 380 g/mol. The van der Waals surface area contributed by atoms with E-state index in [9.17, 15) is 14.4 Å². The minimum atomic E-state index is -0.528. The van der Waals surface area contributed by atoms with Gasteiger partial charge in [-0.25, -0.2) is 0 Å². The largest absolute Gasteiger partial charge is 0.469 e. The van der Waals surface area contributed by atoms with Crippen LogP contribution in [0.4, 0.5) is 0 Å². The first kappa shape index (κ1) is 18.3. The predicted molar refractivity (Wildman–Crippen MR) is 104 cm³/mol. The Morgan fingerprint density at radius 1 is 1.18 bits per heavy atom. The lowest BCUT2D eigenvalue weighted by molar-refractivity contribution is 0.0949. The fourth-order valence-electron chi connectivity index (χ4n) is 3.40. The van der Waals surface area contributed by atoms with Gasteiger partial charge in [0, 0.05) is 35.2 Å². The van der Waals surface area contributed by atoms with Gasteiger partial charge in [0.05, 0.1) is 6.26 Å². The van der Waals surface area contributed by atoms with Gasteiger partial charge in [0.1, 0.15) is 11.3 Å². The fraction of sp³-hybridized carbons (Fsp3) is 0.190. The maximum atomic E-state index is 12.6. The average Bonchev–Trinajstić information content (AvgIpc) is 3.21. The van der Waals surface area contributed by atoms with Crippen LogP contribution < -0.4 is 10.9 Å². The molecule has 0 spiro atoms. The summed E-state index contributed by atoms with van der Waals surface area (Å²) in [6, 6.07) is 12.0. The quantitative estimate of drug-likeness (QED) is 0.706. The lowest BCUT2D eigenvalue weighted by Crippen LogP contribution is -2.32. The zero-order valence-electron chi connectivity index (χ0n) is 14.8. The van der Waals surface area contributed by atoms with Crippen molar-refractivity contribution in [2.75, 3.05) is 0 Å². The van der Waals surface area contributed by atoms with E-state index in [1.807, 2.05) is 6.07 Å². The van der Waals surface area contributed by atoms with Crippen molar-refractivity contribution < 1.29 is 14.0 Å². The van der Waals surface area contributed by atoms with Gasteiger partial charge < -0.3 is 14.7 Å². The molecule has 3 aromatic rings. The van der Waals surface area contributed by atoms with Crippen LogP contribution >= 0.6 is 11.6 Å². The van der Waals surface area contributed by atoms with Crippen LogP contribution in [-0.2, 0) is 13.0 Å². The number of halogens is 1. The Hall–Kier alpha value is -3.12. The number of carbonyl (C=O) groups excluding carboxylic acids is 2. The molecule has 142 valence electrons. The number of fused-ring (bicyclic) bond motifs is 1. The normalized spacial score (nSPS) is 15.9. The monoisotopic (exact) mass is 396 g/mol. The van der Waals surface area contributed by atoms with Gasteiger partial charge in [-0.2, -0.15) is 0 Å². The zero-order valence-corrected chi connectivity index (χ0v) is 15.6. The molecule has 4 rings (SSSR count). The first-order valence-corrected chi connectivity index (χ1v) is 9.24. The van der Waals surface area contributed by atoms with E-state index in [2.05, 4.69) is 10.3 Å². The molecule has 0 unspecified atom stereocenters. The third kappa shape index (κ3) is 3.64. The fourth-order valence-corrected chi connectivity index (χ4v) is 3.53. The number of aromatic nitrogens is 1. The molecule has 0 saturated heterocycles. The molecule has 28 heavy (non-hydrogen) atoms. The SMILES string of the molecule is O=C1C[C@@H](c2ccco2)Cc2[nH]c(=O)c(C(=O)NCc3ccc(Cl)cc3)cc21. The lowest BCUT2D eigenvalue weighted by Gasteiger charge is -2.22. The molecule has 1 aliphatic carbocycles. The number of amides is 1. The van der Waals surface area contributed by atoms with Crippen molar-refractivity contribution in [1.29, 1.82) is 0 Å². The van der Waals surface area contributed by atoms with Crippen LogP contribution in [-0.4, -0.2) is 16.7 Å². The molecule has 7 heteroatoms. The number of pyridine rings is 1. The number of benzene rings is 1. The summed E-state index contributed by atoms with van der Waals surface area (Å²) >= 11 is 5.84. The Labute approximate surface area is 165 Å². The van der Waals surface area contributed by atoms with Crippen molar-refractivity contribution in [3.63, 3.8) is 0 Å². The molecule has 1 atom stereocenters. The van der Waals surface area contributed by atoms with E-state index in [-0.39, 0.29) is 30.2 Å². The topological polar surface area (TPSA) is 92.2 Å². The highest BCUT2D eigenvalue weighted by Gasteiger charge is 2.30. The van der Waals surface area contributed by atoms with Gasteiger partial charge in [-0.05, 0) is 42.3 Å². The molecule has 2 N–H and O–H groups in total. The van der Waals surface area contributed by atoms with Crippen LogP contribution in [0.25, 0.3) is 0 Å². The van der Waals surface area contributed by atoms with Crippen molar-refractivity contribution in [3.05, 3.63) is 92.2 Å². The van der Waals surface area contributed by atoms with E-state index in [1.54, 1.807) is 36.6 Å². The number of ketones is 1. The van der Waals surface area contributed by atoms with E-state index in [0.29, 0.717) is 28.5 Å². The summed E-state index contributed by atoms with van der Waals surface area (Å²) in [6.07, 6.45) is 2.32. The zero-order chi connectivity index (χ0) is 19.7. The molecule has 0 fully saturated rings. The molecule has 2 heterocycles. The number of H-pyrrole nitrogens is 1. The summed E-state index contributed by atoms with van der Waals surface area (Å²) in [5, 5.41) is 3.30. The van der Waals surface area contributed by atoms with Crippen molar-refractivity contribution >= 4 is 23.3 Å². The Kier molecular flexibility index (Phi) is 4.88. The molecule has 1 amide bonds. The number of carbonyl (C=O) groups is 2. The maximum Gasteiger partial charge on any atom is 0.261 e. The molecule has 0 aliphatic heterocycles. The van der Waals surface area contributed by atoms with Crippen LogP contribution in [0.2, 0.25) is 5.02 Å². The summed E-state index contributed by atoms with van der Waals surface area (Å²) in [5.74, 6) is -0.0505. The first-order valence-electron chi connectivity index (χ1n) is 8.86. The summed E-state index contributed by atoms with van der Waals surface area (Å²) < 4.78 is 5.39. The number of Topliss-reactive ketones (excluding diaryl/α,β-unsaturated/α-hetero) is 1. The van der Waals surface area contributed by atoms with Crippen LogP contribution in [0.3, 0.4) is 0 Å². The third-order valence-corrected chi connectivity index (χ3v) is 5.11. The smallest absolute Gasteiger partial charge is 0.261 e. The molecule has 2 aromatic heterocycles. The highest BCUT2D eigenvalue weighted by molar-refractivity contribution is 6.30. The van der Waals surface area contributed by atoms with E-state index in [4.69, 9.17) is 16.0 Å². The molecule has 1 aromatic carbocycles. The van der Waals surface area contributed by atoms with Crippen LogP contribution in [0.1, 0.15) is 50.1 Å².